The van der Waals surface area contributed by atoms with Crippen LogP contribution in [0.1, 0.15) is 17.2 Å². The highest BCUT2D eigenvalue weighted by Crippen LogP contribution is 2.29. The molecule has 1 saturated heterocycles. The number of benzene rings is 3. The summed E-state index contributed by atoms with van der Waals surface area (Å²) >= 11 is 1.34. The van der Waals surface area contributed by atoms with Crippen molar-refractivity contribution in [1.82, 2.24) is 19.4 Å². The van der Waals surface area contributed by atoms with E-state index in [0.29, 0.717) is 6.54 Å². The second kappa shape index (κ2) is 11.6. The average molecular weight is 487 g/mol. The molecular weight excluding hydrogens is 456 g/mol. The van der Waals surface area contributed by atoms with E-state index in [-0.39, 0.29) is 12.6 Å². The highest BCUT2D eigenvalue weighted by Gasteiger charge is 2.27. The molecule has 6 nitrogen and oxygen atoms in total. The highest BCUT2D eigenvalue weighted by atomic mass is 32.1. The van der Waals surface area contributed by atoms with Gasteiger partial charge in [0, 0.05) is 43.7 Å². The van der Waals surface area contributed by atoms with E-state index < -0.39 is 6.10 Å². The van der Waals surface area contributed by atoms with Crippen LogP contribution in [0.3, 0.4) is 0 Å². The zero-order valence-electron chi connectivity index (χ0n) is 19.6. The van der Waals surface area contributed by atoms with Gasteiger partial charge in [-0.15, -0.1) is 5.10 Å². The van der Waals surface area contributed by atoms with Gasteiger partial charge in [-0.3, -0.25) is 9.80 Å². The van der Waals surface area contributed by atoms with E-state index in [1.807, 2.05) is 29.6 Å². The van der Waals surface area contributed by atoms with E-state index in [0.717, 1.165) is 43.2 Å². The number of aromatic nitrogens is 2. The van der Waals surface area contributed by atoms with Crippen LogP contribution in [0.25, 0.3) is 11.3 Å². The predicted molar refractivity (Wildman–Crippen MR) is 140 cm³/mol. The summed E-state index contributed by atoms with van der Waals surface area (Å²) in [6, 6.07) is 29.4. The number of nitrogens with zero attached hydrogens (tertiary/aromatic N) is 4. The molecule has 0 radical (unpaired) electrons. The molecule has 1 aliphatic heterocycles. The molecule has 0 amide bonds. The van der Waals surface area contributed by atoms with Crippen molar-refractivity contribution in [3.05, 3.63) is 101 Å². The van der Waals surface area contributed by atoms with E-state index >= 15 is 0 Å². The maximum atomic E-state index is 10.6. The Balaban J connectivity index is 1.12. The Morgan fingerprint density at radius 1 is 0.829 bits per heavy atom. The summed E-state index contributed by atoms with van der Waals surface area (Å²) in [5.74, 6) is 0.745. The van der Waals surface area contributed by atoms with E-state index in [9.17, 15) is 5.11 Å². The van der Waals surface area contributed by atoms with Crippen molar-refractivity contribution < 1.29 is 9.84 Å². The van der Waals surface area contributed by atoms with Crippen molar-refractivity contribution >= 4 is 11.5 Å². The van der Waals surface area contributed by atoms with Crippen LogP contribution in [0.5, 0.6) is 5.75 Å². The summed E-state index contributed by atoms with van der Waals surface area (Å²) < 4.78 is 9.74. The maximum absolute atomic E-state index is 10.6. The SMILES string of the molecule is OC(COc1ccc(-c2csnn2)cc1)CN1CCN(C(c2ccccc2)c2ccccc2)CC1. The van der Waals surface area contributed by atoms with Crippen molar-refractivity contribution in [2.75, 3.05) is 39.3 Å². The van der Waals surface area contributed by atoms with Crippen LogP contribution in [0.2, 0.25) is 0 Å². The second-order valence-electron chi connectivity index (χ2n) is 8.84. The van der Waals surface area contributed by atoms with Crippen LogP contribution in [0.4, 0.5) is 0 Å². The lowest BCUT2D eigenvalue weighted by Crippen LogP contribution is -2.50. The molecule has 1 fully saturated rings. The van der Waals surface area contributed by atoms with Gasteiger partial charge in [0.05, 0.1) is 6.04 Å². The van der Waals surface area contributed by atoms with Gasteiger partial charge >= 0.3 is 0 Å². The van der Waals surface area contributed by atoms with Crippen molar-refractivity contribution in [2.45, 2.75) is 12.1 Å². The molecule has 35 heavy (non-hydrogen) atoms. The van der Waals surface area contributed by atoms with Crippen molar-refractivity contribution in [3.8, 4) is 17.0 Å². The molecular formula is C28H30N4O2S. The Labute approximate surface area is 210 Å². The molecule has 1 N–H and O–H groups in total. The summed E-state index contributed by atoms with van der Waals surface area (Å²) in [5, 5.41) is 16.6. The summed E-state index contributed by atoms with van der Waals surface area (Å²) in [4.78, 5) is 4.87. The normalized spacial score (nSPS) is 15.8. The van der Waals surface area contributed by atoms with Crippen molar-refractivity contribution in [2.24, 2.45) is 0 Å². The lowest BCUT2D eigenvalue weighted by atomic mass is 9.96. The Hall–Kier alpha value is -3.10. The molecule has 0 bridgehead atoms. The van der Waals surface area contributed by atoms with Crippen LogP contribution in [0, 0.1) is 0 Å². The van der Waals surface area contributed by atoms with Gasteiger partial charge in [-0.2, -0.15) is 0 Å². The topological polar surface area (TPSA) is 61.7 Å². The molecule has 0 aliphatic carbocycles. The summed E-state index contributed by atoms with van der Waals surface area (Å²) in [5.41, 5.74) is 4.51. The van der Waals surface area contributed by atoms with Gasteiger partial charge < -0.3 is 9.84 Å². The molecule has 1 atom stereocenters. The van der Waals surface area contributed by atoms with E-state index in [4.69, 9.17) is 4.74 Å². The first-order chi connectivity index (χ1) is 17.3. The van der Waals surface area contributed by atoms with E-state index in [1.54, 1.807) is 0 Å². The number of aliphatic hydroxyl groups is 1. The Morgan fingerprint density at radius 2 is 1.46 bits per heavy atom. The standard InChI is InChI=1S/C28H30N4O2S/c33-25(20-34-26-13-11-22(12-14-26)27-21-35-30-29-27)19-31-15-17-32(18-16-31)28(23-7-3-1-4-8-23)24-9-5-2-6-10-24/h1-14,21,25,28,33H,15-20H2. The molecule has 3 aromatic carbocycles. The number of ether oxygens (including phenoxy) is 1. The Bertz CT molecular complexity index is 1110. The molecule has 0 spiro atoms. The fourth-order valence-corrected chi connectivity index (χ4v) is 5.11. The summed E-state index contributed by atoms with van der Waals surface area (Å²) in [6.07, 6.45) is -0.539. The fraction of sp³-hybridized carbons (Fsp3) is 0.286. The molecule has 1 unspecified atom stereocenters. The van der Waals surface area contributed by atoms with Crippen molar-refractivity contribution in [3.63, 3.8) is 0 Å². The number of β-amino-alcohol motifs (C(OH)–C–C–N with tert-alkyl or cyclic N) is 1. The van der Waals surface area contributed by atoms with Crippen LogP contribution in [-0.4, -0.2) is 69.9 Å². The van der Waals surface area contributed by atoms with Crippen LogP contribution in [0.15, 0.2) is 90.3 Å². The fourth-order valence-electron chi connectivity index (χ4n) is 4.64. The third-order valence-electron chi connectivity index (χ3n) is 6.42. The minimum Gasteiger partial charge on any atom is -0.491 e. The van der Waals surface area contributed by atoms with Gasteiger partial charge in [0.2, 0.25) is 0 Å². The minimum absolute atomic E-state index is 0.246. The highest BCUT2D eigenvalue weighted by molar-refractivity contribution is 7.03. The Kier molecular flexibility index (Phi) is 7.80. The zero-order valence-corrected chi connectivity index (χ0v) is 20.4. The van der Waals surface area contributed by atoms with Gasteiger partial charge in [-0.25, -0.2) is 0 Å². The first-order valence-electron chi connectivity index (χ1n) is 12.0. The molecule has 5 rings (SSSR count). The van der Waals surface area contributed by atoms with Crippen LogP contribution in [-0.2, 0) is 0 Å². The summed E-state index contributed by atoms with van der Waals surface area (Å²) in [7, 11) is 0. The first-order valence-corrected chi connectivity index (χ1v) is 12.8. The largest absolute Gasteiger partial charge is 0.491 e. The lowest BCUT2D eigenvalue weighted by molar-refractivity contribution is 0.0401. The van der Waals surface area contributed by atoms with Crippen molar-refractivity contribution in [1.29, 1.82) is 0 Å². The summed E-state index contributed by atoms with van der Waals surface area (Å²) in [6.45, 7) is 4.63. The zero-order chi connectivity index (χ0) is 23.9. The number of hydrogen-bond donors (Lipinski definition) is 1. The Morgan fingerprint density at radius 3 is 2.03 bits per heavy atom. The van der Waals surface area contributed by atoms with Gasteiger partial charge in [0.25, 0.3) is 0 Å². The number of piperazine rings is 1. The quantitative estimate of drug-likeness (QED) is 0.380. The average Bonchev–Trinajstić information content (AvgIpc) is 3.46. The molecule has 7 heteroatoms. The van der Waals surface area contributed by atoms with E-state index in [1.165, 1.54) is 22.7 Å². The second-order valence-corrected chi connectivity index (χ2v) is 9.45. The molecule has 2 heterocycles. The molecule has 4 aromatic rings. The van der Waals surface area contributed by atoms with Gasteiger partial charge in [-0.05, 0) is 46.9 Å². The molecule has 1 aromatic heterocycles. The maximum Gasteiger partial charge on any atom is 0.119 e. The van der Waals surface area contributed by atoms with Crippen LogP contribution < -0.4 is 4.74 Å². The molecule has 1 aliphatic rings. The van der Waals surface area contributed by atoms with Gasteiger partial charge in [-0.1, -0.05) is 65.2 Å². The van der Waals surface area contributed by atoms with Crippen LogP contribution >= 0.6 is 11.5 Å². The van der Waals surface area contributed by atoms with Gasteiger partial charge in [0.1, 0.15) is 24.2 Å². The number of rotatable bonds is 9. The van der Waals surface area contributed by atoms with Gasteiger partial charge in [0.15, 0.2) is 0 Å². The lowest BCUT2D eigenvalue weighted by Gasteiger charge is -2.40. The first kappa shape index (κ1) is 23.6. The third-order valence-corrected chi connectivity index (χ3v) is 6.93. The monoisotopic (exact) mass is 486 g/mol. The molecule has 180 valence electrons. The minimum atomic E-state index is -0.539. The molecule has 0 saturated carbocycles. The number of aliphatic hydroxyl groups excluding tert-OH is 1. The van der Waals surface area contributed by atoms with E-state index in [2.05, 4.69) is 80.1 Å². The third kappa shape index (κ3) is 6.13. The smallest absolute Gasteiger partial charge is 0.119 e. The predicted octanol–water partition coefficient (Wildman–Crippen LogP) is 4.35. The number of hydrogen-bond acceptors (Lipinski definition) is 7.